The molecule has 1 saturated heterocycles. The van der Waals surface area contributed by atoms with Crippen LogP contribution in [0.4, 0.5) is 29.7 Å². The molecule has 156 valence electrons. The Morgan fingerprint density at radius 2 is 1.73 bits per heavy atom. The van der Waals surface area contributed by atoms with Crippen LogP contribution in [0.2, 0.25) is 0 Å². The molecule has 1 aliphatic heterocycles. The van der Waals surface area contributed by atoms with Crippen LogP contribution in [0.5, 0.6) is 0 Å². The molecule has 1 N–H and O–H groups in total. The van der Waals surface area contributed by atoms with Crippen LogP contribution in [0.15, 0.2) is 60.0 Å². The normalized spacial score (nSPS) is 14.6. The highest BCUT2D eigenvalue weighted by Crippen LogP contribution is 2.32. The summed E-state index contributed by atoms with van der Waals surface area (Å²) in [5.74, 6) is -0.170. The van der Waals surface area contributed by atoms with Crippen molar-refractivity contribution in [3.05, 3.63) is 71.2 Å². The molecule has 1 amide bonds. The second kappa shape index (κ2) is 8.35. The molecule has 0 bridgehead atoms. The fraction of sp³-hybridized carbons (Fsp3) is 0.238. The zero-order valence-electron chi connectivity index (χ0n) is 15.9. The van der Waals surface area contributed by atoms with E-state index in [2.05, 4.69) is 10.3 Å². The zero-order chi connectivity index (χ0) is 21.1. The fourth-order valence-corrected chi connectivity index (χ4v) is 3.99. The highest BCUT2D eigenvalue weighted by Gasteiger charge is 2.31. The van der Waals surface area contributed by atoms with Gasteiger partial charge >= 0.3 is 6.18 Å². The minimum absolute atomic E-state index is 0.170. The summed E-state index contributed by atoms with van der Waals surface area (Å²) in [5.41, 5.74) is 1.10. The molecule has 0 unspecified atom stereocenters. The number of piperazine rings is 1. The molecule has 30 heavy (non-hydrogen) atoms. The predicted molar refractivity (Wildman–Crippen MR) is 111 cm³/mol. The van der Waals surface area contributed by atoms with Crippen molar-refractivity contribution >= 4 is 33.8 Å². The number of thiazole rings is 1. The molecule has 1 fully saturated rings. The van der Waals surface area contributed by atoms with E-state index in [4.69, 9.17) is 0 Å². The van der Waals surface area contributed by atoms with E-state index in [9.17, 15) is 18.0 Å². The molecule has 0 saturated carbocycles. The number of carbonyl (C=O) groups excluding carboxylic acids is 1. The SMILES string of the molecule is O=C(c1csc(Nc2ccccc2)n1)N1CCN(c2cccc(C(F)(F)F)c2)CC1. The second-order valence-corrected chi connectivity index (χ2v) is 7.71. The first kappa shape index (κ1) is 20.2. The molecule has 0 radical (unpaired) electrons. The van der Waals surface area contributed by atoms with Crippen molar-refractivity contribution in [1.82, 2.24) is 9.88 Å². The minimum atomic E-state index is -4.37. The molecule has 0 spiro atoms. The van der Waals surface area contributed by atoms with Crippen molar-refractivity contribution in [3.8, 4) is 0 Å². The van der Waals surface area contributed by atoms with Crippen LogP contribution in [0.25, 0.3) is 0 Å². The number of benzene rings is 2. The fourth-order valence-electron chi connectivity index (χ4n) is 3.28. The third-order valence-electron chi connectivity index (χ3n) is 4.85. The Bertz CT molecular complexity index is 1010. The molecule has 9 heteroatoms. The number of nitrogens with zero attached hydrogens (tertiary/aromatic N) is 3. The molecule has 0 atom stereocenters. The maximum atomic E-state index is 12.9. The van der Waals surface area contributed by atoms with Crippen molar-refractivity contribution in [1.29, 1.82) is 0 Å². The maximum Gasteiger partial charge on any atom is 0.416 e. The Kier molecular flexibility index (Phi) is 5.63. The van der Waals surface area contributed by atoms with Gasteiger partial charge in [0.1, 0.15) is 5.69 Å². The number of alkyl halides is 3. The lowest BCUT2D eigenvalue weighted by Crippen LogP contribution is -2.48. The lowest BCUT2D eigenvalue weighted by Gasteiger charge is -2.36. The van der Waals surface area contributed by atoms with Crippen LogP contribution in [0.3, 0.4) is 0 Å². The van der Waals surface area contributed by atoms with E-state index in [0.29, 0.717) is 42.7 Å². The summed E-state index contributed by atoms with van der Waals surface area (Å²) in [5, 5.41) is 5.51. The summed E-state index contributed by atoms with van der Waals surface area (Å²) in [6.07, 6.45) is -4.37. The largest absolute Gasteiger partial charge is 0.416 e. The molecule has 2 aromatic carbocycles. The minimum Gasteiger partial charge on any atom is -0.368 e. The number of para-hydroxylation sites is 1. The standard InChI is InChI=1S/C21H19F3N4OS/c22-21(23,24)15-5-4-8-17(13-15)27-9-11-28(12-10-27)19(29)18-14-30-20(26-18)25-16-6-2-1-3-7-16/h1-8,13-14H,9-12H2,(H,25,26). The van der Waals surface area contributed by atoms with Gasteiger partial charge in [-0.1, -0.05) is 24.3 Å². The lowest BCUT2D eigenvalue weighted by molar-refractivity contribution is -0.137. The highest BCUT2D eigenvalue weighted by atomic mass is 32.1. The third kappa shape index (κ3) is 4.56. The van der Waals surface area contributed by atoms with Crippen LogP contribution < -0.4 is 10.2 Å². The van der Waals surface area contributed by atoms with Crippen LogP contribution in [0, 0.1) is 0 Å². The van der Waals surface area contributed by atoms with Gasteiger partial charge in [0.25, 0.3) is 5.91 Å². The van der Waals surface area contributed by atoms with Gasteiger partial charge in [-0.2, -0.15) is 13.2 Å². The summed E-state index contributed by atoms with van der Waals surface area (Å²) in [6.45, 7) is 1.78. The molecule has 0 aliphatic carbocycles. The number of aromatic nitrogens is 1. The summed E-state index contributed by atoms with van der Waals surface area (Å²) in [4.78, 5) is 20.7. The van der Waals surface area contributed by atoms with E-state index in [-0.39, 0.29) is 5.91 Å². The number of rotatable bonds is 4. The Hall–Kier alpha value is -3.07. The number of nitrogens with one attached hydrogen (secondary N) is 1. The molecule has 1 aromatic heterocycles. The number of anilines is 3. The van der Waals surface area contributed by atoms with Gasteiger partial charge in [0.05, 0.1) is 5.56 Å². The van der Waals surface area contributed by atoms with Gasteiger partial charge in [-0.25, -0.2) is 4.98 Å². The molecular weight excluding hydrogens is 413 g/mol. The Morgan fingerprint density at radius 1 is 1.00 bits per heavy atom. The quantitative estimate of drug-likeness (QED) is 0.639. The van der Waals surface area contributed by atoms with Gasteiger partial charge in [0, 0.05) is 42.9 Å². The number of amides is 1. The number of carbonyl (C=O) groups is 1. The number of halogens is 3. The van der Waals surface area contributed by atoms with Gasteiger partial charge in [-0.05, 0) is 30.3 Å². The first-order valence-electron chi connectivity index (χ1n) is 9.39. The second-order valence-electron chi connectivity index (χ2n) is 6.86. The van der Waals surface area contributed by atoms with Crippen molar-refractivity contribution in [2.24, 2.45) is 0 Å². The molecule has 1 aliphatic rings. The van der Waals surface area contributed by atoms with Gasteiger partial charge in [-0.3, -0.25) is 4.79 Å². The Morgan fingerprint density at radius 3 is 2.43 bits per heavy atom. The smallest absolute Gasteiger partial charge is 0.368 e. The van der Waals surface area contributed by atoms with Crippen molar-refractivity contribution in [2.75, 3.05) is 36.4 Å². The topological polar surface area (TPSA) is 48.5 Å². The van der Waals surface area contributed by atoms with E-state index >= 15 is 0 Å². The maximum absolute atomic E-state index is 12.9. The molecular formula is C21H19F3N4OS. The van der Waals surface area contributed by atoms with E-state index in [1.807, 2.05) is 35.2 Å². The van der Waals surface area contributed by atoms with Gasteiger partial charge < -0.3 is 15.1 Å². The summed E-state index contributed by atoms with van der Waals surface area (Å²) in [7, 11) is 0. The number of hydrogen-bond donors (Lipinski definition) is 1. The third-order valence-corrected chi connectivity index (χ3v) is 5.61. The Balaban J connectivity index is 1.37. The zero-order valence-corrected chi connectivity index (χ0v) is 16.7. The van der Waals surface area contributed by atoms with Crippen LogP contribution in [0.1, 0.15) is 16.1 Å². The van der Waals surface area contributed by atoms with Gasteiger partial charge in [0.15, 0.2) is 5.13 Å². The van der Waals surface area contributed by atoms with Crippen molar-refractivity contribution < 1.29 is 18.0 Å². The van der Waals surface area contributed by atoms with E-state index in [0.717, 1.165) is 17.8 Å². The average Bonchev–Trinajstić information content (AvgIpc) is 3.22. The van der Waals surface area contributed by atoms with E-state index < -0.39 is 11.7 Å². The van der Waals surface area contributed by atoms with Crippen LogP contribution >= 0.6 is 11.3 Å². The van der Waals surface area contributed by atoms with Crippen LogP contribution in [-0.4, -0.2) is 42.0 Å². The van der Waals surface area contributed by atoms with E-state index in [1.54, 1.807) is 16.3 Å². The molecule has 5 nitrogen and oxygen atoms in total. The van der Waals surface area contributed by atoms with Gasteiger partial charge in [0.2, 0.25) is 0 Å². The Labute approximate surface area is 175 Å². The first-order valence-corrected chi connectivity index (χ1v) is 10.3. The van der Waals surface area contributed by atoms with Crippen molar-refractivity contribution in [3.63, 3.8) is 0 Å². The van der Waals surface area contributed by atoms with Gasteiger partial charge in [-0.15, -0.1) is 11.3 Å². The summed E-state index contributed by atoms with van der Waals surface area (Å²) >= 11 is 1.35. The van der Waals surface area contributed by atoms with E-state index in [1.165, 1.54) is 17.4 Å². The molecule has 3 aromatic rings. The predicted octanol–water partition coefficient (Wildman–Crippen LogP) is 4.87. The lowest BCUT2D eigenvalue weighted by atomic mass is 10.1. The molecule has 2 heterocycles. The summed E-state index contributed by atoms with van der Waals surface area (Å²) < 4.78 is 38.8. The number of hydrogen-bond acceptors (Lipinski definition) is 5. The van der Waals surface area contributed by atoms with Crippen molar-refractivity contribution in [2.45, 2.75) is 6.18 Å². The first-order chi connectivity index (χ1) is 14.4. The van der Waals surface area contributed by atoms with Crippen LogP contribution in [-0.2, 0) is 6.18 Å². The molecule has 4 rings (SSSR count). The average molecular weight is 432 g/mol. The monoisotopic (exact) mass is 432 g/mol. The highest BCUT2D eigenvalue weighted by molar-refractivity contribution is 7.14. The summed E-state index contributed by atoms with van der Waals surface area (Å²) in [6, 6.07) is 14.8.